The second-order valence-electron chi connectivity index (χ2n) is 16.5. The number of nitrogens with one attached hydrogen (secondary N) is 8. The van der Waals surface area contributed by atoms with Gasteiger partial charge in [-0.1, -0.05) is 59.1 Å². The Morgan fingerprint density at radius 2 is 1.35 bits per heavy atom. The van der Waals surface area contributed by atoms with Gasteiger partial charge in [0.25, 0.3) is 0 Å². The minimum atomic E-state index is -1.72. The summed E-state index contributed by atoms with van der Waals surface area (Å²) in [6, 6.07) is -2.31. The number of hydrogen-bond acceptors (Lipinski definition) is 12. The summed E-state index contributed by atoms with van der Waals surface area (Å²) < 4.78 is 0. The number of phenols is 1. The molecule has 0 aliphatic carbocycles. The third kappa shape index (κ3) is 20.5. The normalized spacial score (nSPS) is 21.4. The predicted octanol–water partition coefficient (Wildman–Crippen LogP) is -3.24. The summed E-state index contributed by atoms with van der Waals surface area (Å²) in [5, 5.41) is 29.8. The number of rotatable bonds is 18. The number of phenolic OH excluding ortho intramolecular Hbond substituents is 1. The summed E-state index contributed by atoms with van der Waals surface area (Å²) in [6.45, 7) is 5.87. The van der Waals surface area contributed by atoms with Gasteiger partial charge in [-0.15, -0.1) is 0 Å². The molecule has 360 valence electrons. The Morgan fingerprint density at radius 1 is 0.723 bits per heavy atom. The van der Waals surface area contributed by atoms with Crippen LogP contribution in [0.1, 0.15) is 97.5 Å². The number of amides is 11. The van der Waals surface area contributed by atoms with Gasteiger partial charge in [0.2, 0.25) is 65.0 Å². The highest BCUT2D eigenvalue weighted by Gasteiger charge is 2.35. The van der Waals surface area contributed by atoms with E-state index in [1.165, 1.54) is 12.1 Å². The van der Waals surface area contributed by atoms with Gasteiger partial charge in [-0.3, -0.25) is 52.7 Å². The first-order chi connectivity index (χ1) is 30.6. The SMILES string of the molecule is CC[C@H](C)[C@@H]1NC(=O)[C@H](Cc2ccc(O)cc2)NC(=O)CCCCC[C@@H](C(=O)NCC(=O)N[C@@H](CC(C)C)C(=O)NCC(N)=O)NC(=O)[C@@H](CC(N)=O)NC(=O)[C@@H](CCC(N)=O)NC1=O. The molecule has 1 aromatic carbocycles. The maximum absolute atomic E-state index is 13.9. The van der Waals surface area contributed by atoms with E-state index in [-0.39, 0.29) is 56.6 Å². The molecule has 0 bridgehead atoms. The summed E-state index contributed by atoms with van der Waals surface area (Å²) in [5.74, 6) is -9.88. The fourth-order valence-electron chi connectivity index (χ4n) is 6.69. The van der Waals surface area contributed by atoms with Gasteiger partial charge in [0.05, 0.1) is 19.5 Å². The van der Waals surface area contributed by atoms with Gasteiger partial charge in [-0.2, -0.15) is 0 Å². The number of benzene rings is 1. The molecular formula is C42H65N11O12. The van der Waals surface area contributed by atoms with Crippen molar-refractivity contribution in [3.63, 3.8) is 0 Å². The summed E-state index contributed by atoms with van der Waals surface area (Å²) in [5.41, 5.74) is 16.5. The fraction of sp³-hybridized carbons (Fsp3) is 0.595. The van der Waals surface area contributed by atoms with Crippen LogP contribution in [0.25, 0.3) is 0 Å². The van der Waals surface area contributed by atoms with Crippen LogP contribution in [-0.4, -0.2) is 119 Å². The van der Waals surface area contributed by atoms with Crippen LogP contribution in [0.15, 0.2) is 24.3 Å². The molecule has 0 aromatic heterocycles. The zero-order valence-electron chi connectivity index (χ0n) is 37.3. The van der Waals surface area contributed by atoms with Crippen molar-refractivity contribution in [2.75, 3.05) is 13.1 Å². The molecule has 23 heteroatoms. The second-order valence-corrected chi connectivity index (χ2v) is 16.5. The van der Waals surface area contributed by atoms with Crippen LogP contribution >= 0.6 is 0 Å². The molecule has 7 atom stereocenters. The molecule has 11 amide bonds. The van der Waals surface area contributed by atoms with E-state index < -0.39 is 133 Å². The zero-order chi connectivity index (χ0) is 48.8. The number of nitrogens with two attached hydrogens (primary N) is 3. The topological polar surface area (TPSA) is 382 Å². The van der Waals surface area contributed by atoms with Crippen molar-refractivity contribution in [2.45, 2.75) is 135 Å². The van der Waals surface area contributed by atoms with E-state index in [1.807, 2.05) is 0 Å². The average molecular weight is 916 g/mol. The summed E-state index contributed by atoms with van der Waals surface area (Å²) in [7, 11) is 0. The monoisotopic (exact) mass is 915 g/mol. The number of carbonyl (C=O) groups is 11. The molecule has 65 heavy (non-hydrogen) atoms. The predicted molar refractivity (Wildman–Crippen MR) is 233 cm³/mol. The van der Waals surface area contributed by atoms with Crippen LogP contribution in [0.5, 0.6) is 5.75 Å². The van der Waals surface area contributed by atoms with Gasteiger partial charge in [-0.25, -0.2) is 0 Å². The summed E-state index contributed by atoms with van der Waals surface area (Å²) in [4.78, 5) is 143. The van der Waals surface area contributed by atoms with Gasteiger partial charge in [0.1, 0.15) is 42.0 Å². The Balaban J connectivity index is 2.50. The highest BCUT2D eigenvalue weighted by atomic mass is 16.3. The van der Waals surface area contributed by atoms with Crippen molar-refractivity contribution < 1.29 is 57.8 Å². The van der Waals surface area contributed by atoms with E-state index in [0.29, 0.717) is 18.4 Å². The second kappa shape index (κ2) is 27.4. The minimum absolute atomic E-state index is 0.0245. The lowest BCUT2D eigenvalue weighted by Crippen LogP contribution is -2.60. The Labute approximate surface area is 377 Å². The van der Waals surface area contributed by atoms with Gasteiger partial charge in [-0.05, 0) is 55.2 Å². The van der Waals surface area contributed by atoms with E-state index in [9.17, 15) is 57.8 Å². The molecular weight excluding hydrogens is 851 g/mol. The standard InChI is InChI=1S/C42H65N11O12/c1-5-23(4)36-42(65)51-27(15-16-31(43)55)39(62)52-30(19-32(44)56)40(63)50-26(37(60)47-21-35(59)49-28(17-22(2)3)38(61)46-20-33(45)57)9-7-6-8-10-34(58)48-29(41(64)53-36)18-24-11-13-25(54)14-12-24/h11-14,22-23,26-30,36,54H,5-10,15-21H2,1-4H3,(H2,43,55)(H2,44,56)(H2,45,57)(H,46,61)(H,47,60)(H,48,58)(H,49,59)(H,50,63)(H,51,65)(H,52,62)(H,53,64)/t23-,26-,27+,28-,29-,30+,36-/m0/s1. The van der Waals surface area contributed by atoms with E-state index in [0.717, 1.165) is 0 Å². The first kappa shape index (κ1) is 54.3. The van der Waals surface area contributed by atoms with Gasteiger partial charge in [0.15, 0.2) is 0 Å². The molecule has 1 fully saturated rings. The fourth-order valence-corrected chi connectivity index (χ4v) is 6.69. The highest BCUT2D eigenvalue weighted by molar-refractivity contribution is 5.98. The molecule has 23 nitrogen and oxygen atoms in total. The quantitative estimate of drug-likeness (QED) is 0.0692. The Bertz CT molecular complexity index is 1880. The third-order valence-electron chi connectivity index (χ3n) is 10.4. The number of hydrogen-bond donors (Lipinski definition) is 12. The van der Waals surface area contributed by atoms with E-state index in [1.54, 1.807) is 39.8 Å². The smallest absolute Gasteiger partial charge is 0.243 e. The molecule has 0 radical (unpaired) electrons. The largest absolute Gasteiger partial charge is 0.508 e. The molecule has 1 saturated heterocycles. The lowest BCUT2D eigenvalue weighted by Gasteiger charge is -2.29. The van der Waals surface area contributed by atoms with Crippen LogP contribution in [0.4, 0.5) is 0 Å². The molecule has 0 saturated carbocycles. The lowest BCUT2D eigenvalue weighted by molar-refractivity contribution is -0.136. The van der Waals surface area contributed by atoms with Crippen LogP contribution in [0.3, 0.4) is 0 Å². The van der Waals surface area contributed by atoms with E-state index in [2.05, 4.69) is 42.5 Å². The van der Waals surface area contributed by atoms with Crippen molar-refractivity contribution in [2.24, 2.45) is 29.0 Å². The van der Waals surface area contributed by atoms with Crippen molar-refractivity contribution >= 4 is 65.0 Å². The first-order valence-electron chi connectivity index (χ1n) is 21.6. The molecule has 0 spiro atoms. The molecule has 2 rings (SSSR count). The van der Waals surface area contributed by atoms with Crippen molar-refractivity contribution in [3.8, 4) is 5.75 Å². The third-order valence-corrected chi connectivity index (χ3v) is 10.4. The van der Waals surface area contributed by atoms with E-state index >= 15 is 0 Å². The Kier molecular flexibility index (Phi) is 22.9. The Hall–Kier alpha value is -6.81. The van der Waals surface area contributed by atoms with Crippen LogP contribution < -0.4 is 59.7 Å². The lowest BCUT2D eigenvalue weighted by atomic mass is 9.96. The first-order valence-corrected chi connectivity index (χ1v) is 21.6. The number of primary amides is 3. The summed E-state index contributed by atoms with van der Waals surface area (Å²) >= 11 is 0. The molecule has 0 unspecified atom stereocenters. The average Bonchev–Trinajstić information content (AvgIpc) is 3.23. The van der Waals surface area contributed by atoms with Crippen LogP contribution in [0.2, 0.25) is 0 Å². The molecule has 1 aromatic rings. The summed E-state index contributed by atoms with van der Waals surface area (Å²) in [6.07, 6.45) is -0.434. The van der Waals surface area contributed by atoms with Crippen molar-refractivity contribution in [1.82, 2.24) is 42.5 Å². The molecule has 1 aliphatic rings. The van der Waals surface area contributed by atoms with Crippen molar-refractivity contribution in [1.29, 1.82) is 0 Å². The maximum atomic E-state index is 13.9. The maximum Gasteiger partial charge on any atom is 0.243 e. The molecule has 15 N–H and O–H groups in total. The van der Waals surface area contributed by atoms with Crippen molar-refractivity contribution in [3.05, 3.63) is 29.8 Å². The minimum Gasteiger partial charge on any atom is -0.508 e. The number of carbonyl (C=O) groups excluding carboxylic acids is 11. The Morgan fingerprint density at radius 3 is 1.95 bits per heavy atom. The molecule has 1 aliphatic heterocycles. The van der Waals surface area contributed by atoms with Crippen LogP contribution in [0, 0.1) is 11.8 Å². The highest BCUT2D eigenvalue weighted by Crippen LogP contribution is 2.15. The number of aromatic hydroxyl groups is 1. The van der Waals surface area contributed by atoms with Gasteiger partial charge < -0.3 is 64.8 Å². The van der Waals surface area contributed by atoms with Crippen LogP contribution in [-0.2, 0) is 59.2 Å². The van der Waals surface area contributed by atoms with Gasteiger partial charge >= 0.3 is 0 Å². The van der Waals surface area contributed by atoms with Gasteiger partial charge in [0, 0.05) is 19.3 Å². The zero-order valence-corrected chi connectivity index (χ0v) is 37.3. The molecule has 1 heterocycles. The van der Waals surface area contributed by atoms with E-state index in [4.69, 9.17) is 17.2 Å².